The Kier molecular flexibility index (Phi) is 5.96. The number of methoxy groups -OCH3 is 1. The molecule has 2 heterocycles. The summed E-state index contributed by atoms with van der Waals surface area (Å²) in [5.41, 5.74) is 0. The average molecular weight is 290 g/mol. The lowest BCUT2D eigenvalue weighted by Gasteiger charge is -2.09. The highest BCUT2D eigenvalue weighted by Gasteiger charge is 2.03. The van der Waals surface area contributed by atoms with Crippen molar-refractivity contribution in [1.82, 2.24) is 19.5 Å². The van der Waals surface area contributed by atoms with Crippen LogP contribution in [0.4, 0.5) is 11.6 Å². The van der Waals surface area contributed by atoms with Gasteiger partial charge in [0.25, 0.3) is 0 Å². The zero-order valence-electron chi connectivity index (χ0n) is 12.5. The van der Waals surface area contributed by atoms with E-state index in [0.717, 1.165) is 37.6 Å². The van der Waals surface area contributed by atoms with Crippen molar-refractivity contribution in [2.75, 3.05) is 31.3 Å². The van der Waals surface area contributed by atoms with E-state index in [1.807, 2.05) is 25.6 Å². The van der Waals surface area contributed by atoms with E-state index in [1.54, 1.807) is 13.3 Å². The van der Waals surface area contributed by atoms with Crippen LogP contribution in [-0.2, 0) is 17.9 Å². The van der Waals surface area contributed by atoms with Crippen LogP contribution in [-0.4, -0.2) is 40.2 Å². The minimum absolute atomic E-state index is 0.408. The van der Waals surface area contributed by atoms with Crippen LogP contribution < -0.4 is 10.6 Å². The smallest absolute Gasteiger partial charge is 0.158 e. The first-order valence-electron chi connectivity index (χ1n) is 7.06. The molecule has 21 heavy (non-hydrogen) atoms. The summed E-state index contributed by atoms with van der Waals surface area (Å²) >= 11 is 0. The van der Waals surface area contributed by atoms with E-state index >= 15 is 0 Å². The number of aromatic nitrogens is 4. The van der Waals surface area contributed by atoms with Crippen LogP contribution in [0, 0.1) is 0 Å². The molecule has 0 aliphatic rings. The van der Waals surface area contributed by atoms with Crippen LogP contribution in [0.15, 0.2) is 24.8 Å². The molecule has 0 amide bonds. The van der Waals surface area contributed by atoms with Crippen LogP contribution in [0.2, 0.25) is 0 Å². The Labute approximate surface area is 124 Å². The average Bonchev–Trinajstić information content (AvgIpc) is 3.00. The SMILES string of the molecule is CNc1cc(NCCCCn2ccnc2)nc(COC)n1. The molecule has 2 rings (SSSR count). The van der Waals surface area contributed by atoms with Crippen LogP contribution in [0.5, 0.6) is 0 Å². The largest absolute Gasteiger partial charge is 0.377 e. The zero-order valence-corrected chi connectivity index (χ0v) is 12.5. The van der Waals surface area contributed by atoms with Gasteiger partial charge in [0.2, 0.25) is 0 Å². The predicted octanol–water partition coefficient (Wildman–Crippen LogP) is 1.75. The highest BCUT2D eigenvalue weighted by molar-refractivity contribution is 5.47. The monoisotopic (exact) mass is 290 g/mol. The molecule has 0 bridgehead atoms. The van der Waals surface area contributed by atoms with Crippen molar-refractivity contribution in [2.45, 2.75) is 26.0 Å². The van der Waals surface area contributed by atoms with E-state index in [-0.39, 0.29) is 0 Å². The molecule has 0 aliphatic carbocycles. The number of aryl methyl sites for hydroxylation is 1. The van der Waals surface area contributed by atoms with Crippen LogP contribution in [0.1, 0.15) is 18.7 Å². The summed E-state index contributed by atoms with van der Waals surface area (Å²) in [5, 5.41) is 6.36. The Bertz CT molecular complexity index is 528. The minimum atomic E-state index is 0.408. The highest BCUT2D eigenvalue weighted by Crippen LogP contribution is 2.11. The molecule has 0 spiro atoms. The highest BCUT2D eigenvalue weighted by atomic mass is 16.5. The molecule has 7 nitrogen and oxygen atoms in total. The Hall–Kier alpha value is -2.15. The van der Waals surface area contributed by atoms with Gasteiger partial charge in [0, 0.05) is 45.7 Å². The summed E-state index contributed by atoms with van der Waals surface area (Å²) in [5.74, 6) is 2.28. The Morgan fingerprint density at radius 1 is 1.24 bits per heavy atom. The summed E-state index contributed by atoms with van der Waals surface area (Å²) in [7, 11) is 3.48. The van der Waals surface area contributed by atoms with Crippen molar-refractivity contribution in [3.63, 3.8) is 0 Å². The molecule has 2 aromatic heterocycles. The van der Waals surface area contributed by atoms with E-state index in [2.05, 4.69) is 30.2 Å². The Morgan fingerprint density at radius 3 is 2.81 bits per heavy atom. The maximum Gasteiger partial charge on any atom is 0.158 e. The Balaban J connectivity index is 1.77. The molecule has 2 aromatic rings. The lowest BCUT2D eigenvalue weighted by Crippen LogP contribution is -2.09. The van der Waals surface area contributed by atoms with Crippen LogP contribution in [0.25, 0.3) is 0 Å². The molecular formula is C14H22N6O. The van der Waals surface area contributed by atoms with Gasteiger partial charge in [0.15, 0.2) is 5.82 Å². The lowest BCUT2D eigenvalue weighted by molar-refractivity contribution is 0.178. The number of hydrogen-bond acceptors (Lipinski definition) is 6. The van der Waals surface area contributed by atoms with Crippen molar-refractivity contribution in [3.05, 3.63) is 30.6 Å². The van der Waals surface area contributed by atoms with Crippen molar-refractivity contribution < 1.29 is 4.74 Å². The summed E-state index contributed by atoms with van der Waals surface area (Å²) in [6.45, 7) is 2.27. The summed E-state index contributed by atoms with van der Waals surface area (Å²) < 4.78 is 7.16. The molecule has 0 radical (unpaired) electrons. The standard InChI is InChI=1S/C14H22N6O/c1-15-12-9-13(19-14(18-12)10-21-2)17-5-3-4-7-20-8-6-16-11-20/h6,8-9,11H,3-5,7,10H2,1-2H3,(H2,15,17,18,19). The summed E-state index contributed by atoms with van der Waals surface area (Å²) in [6.07, 6.45) is 7.78. The number of rotatable bonds is 9. The van der Waals surface area contributed by atoms with Gasteiger partial charge in [-0.15, -0.1) is 0 Å². The number of anilines is 2. The van der Waals surface area contributed by atoms with Gasteiger partial charge in [0.05, 0.1) is 6.33 Å². The van der Waals surface area contributed by atoms with E-state index in [9.17, 15) is 0 Å². The molecule has 0 aliphatic heterocycles. The topological polar surface area (TPSA) is 76.9 Å². The second-order valence-electron chi connectivity index (χ2n) is 4.67. The first-order valence-corrected chi connectivity index (χ1v) is 7.06. The molecule has 0 saturated heterocycles. The number of nitrogens with one attached hydrogen (secondary N) is 2. The third kappa shape index (κ3) is 5.03. The molecule has 7 heteroatoms. The molecular weight excluding hydrogens is 268 g/mol. The fourth-order valence-electron chi connectivity index (χ4n) is 1.96. The van der Waals surface area contributed by atoms with Crippen LogP contribution >= 0.6 is 0 Å². The van der Waals surface area contributed by atoms with Gasteiger partial charge in [-0.05, 0) is 12.8 Å². The third-order valence-electron chi connectivity index (χ3n) is 3.01. The molecule has 2 N–H and O–H groups in total. The molecule has 0 fully saturated rings. The van der Waals surface area contributed by atoms with E-state index in [4.69, 9.17) is 4.74 Å². The quantitative estimate of drug-likeness (QED) is 0.685. The Morgan fingerprint density at radius 2 is 2.10 bits per heavy atom. The molecule has 0 atom stereocenters. The second-order valence-corrected chi connectivity index (χ2v) is 4.67. The number of hydrogen-bond donors (Lipinski definition) is 2. The van der Waals surface area contributed by atoms with Crippen molar-refractivity contribution >= 4 is 11.6 Å². The first kappa shape index (κ1) is 15.2. The van der Waals surface area contributed by atoms with Crippen LogP contribution in [0.3, 0.4) is 0 Å². The van der Waals surface area contributed by atoms with E-state index in [1.165, 1.54) is 0 Å². The minimum Gasteiger partial charge on any atom is -0.377 e. The fourth-order valence-corrected chi connectivity index (χ4v) is 1.96. The predicted molar refractivity (Wildman–Crippen MR) is 82.2 cm³/mol. The summed E-state index contributed by atoms with van der Waals surface area (Å²) in [4.78, 5) is 12.8. The van der Waals surface area contributed by atoms with Crippen molar-refractivity contribution in [2.24, 2.45) is 0 Å². The number of imidazole rings is 1. The van der Waals surface area contributed by atoms with E-state index in [0.29, 0.717) is 12.4 Å². The number of ether oxygens (including phenoxy) is 1. The van der Waals surface area contributed by atoms with E-state index < -0.39 is 0 Å². The van der Waals surface area contributed by atoms with Gasteiger partial charge < -0.3 is 19.9 Å². The number of unbranched alkanes of at least 4 members (excludes halogenated alkanes) is 1. The van der Waals surface area contributed by atoms with Gasteiger partial charge in [-0.2, -0.15) is 0 Å². The van der Waals surface area contributed by atoms with Gasteiger partial charge in [-0.3, -0.25) is 0 Å². The van der Waals surface area contributed by atoms with Gasteiger partial charge in [-0.1, -0.05) is 0 Å². The number of nitrogens with zero attached hydrogens (tertiary/aromatic N) is 4. The fraction of sp³-hybridized carbons (Fsp3) is 0.500. The van der Waals surface area contributed by atoms with Gasteiger partial charge >= 0.3 is 0 Å². The lowest BCUT2D eigenvalue weighted by atomic mass is 10.3. The maximum absolute atomic E-state index is 5.08. The van der Waals surface area contributed by atoms with Crippen molar-refractivity contribution in [3.8, 4) is 0 Å². The molecule has 0 unspecified atom stereocenters. The third-order valence-corrected chi connectivity index (χ3v) is 3.01. The molecule has 114 valence electrons. The van der Waals surface area contributed by atoms with Gasteiger partial charge in [-0.25, -0.2) is 15.0 Å². The van der Waals surface area contributed by atoms with Crippen molar-refractivity contribution in [1.29, 1.82) is 0 Å². The molecule has 0 saturated carbocycles. The maximum atomic E-state index is 5.08. The molecule has 0 aromatic carbocycles. The first-order chi connectivity index (χ1) is 10.3. The normalized spacial score (nSPS) is 10.6. The van der Waals surface area contributed by atoms with Gasteiger partial charge in [0.1, 0.15) is 18.2 Å². The summed E-state index contributed by atoms with van der Waals surface area (Å²) in [6, 6.07) is 1.90. The second kappa shape index (κ2) is 8.21. The zero-order chi connectivity index (χ0) is 14.9.